The van der Waals surface area contributed by atoms with Crippen molar-refractivity contribution in [3.8, 4) is 0 Å². The van der Waals surface area contributed by atoms with Crippen molar-refractivity contribution >= 4 is 23.6 Å². The van der Waals surface area contributed by atoms with Gasteiger partial charge in [-0.1, -0.05) is 13.8 Å². The van der Waals surface area contributed by atoms with Crippen molar-refractivity contribution in [2.45, 2.75) is 26.7 Å². The number of amides is 4. The SMILES string of the molecule is CC(C)C(=O)N1CCCC(C(=O)N2CC(=O)NC(=O)C2)C1. The van der Waals surface area contributed by atoms with Crippen LogP contribution in [-0.4, -0.2) is 59.6 Å². The van der Waals surface area contributed by atoms with Crippen molar-refractivity contribution in [3.63, 3.8) is 0 Å². The molecule has 2 saturated heterocycles. The Labute approximate surface area is 123 Å². The Hall–Kier alpha value is -1.92. The van der Waals surface area contributed by atoms with Crippen LogP contribution in [0.25, 0.3) is 0 Å². The summed E-state index contributed by atoms with van der Waals surface area (Å²) in [5.41, 5.74) is 0. The predicted molar refractivity (Wildman–Crippen MR) is 73.9 cm³/mol. The lowest BCUT2D eigenvalue weighted by molar-refractivity contribution is -0.150. The Bertz CT molecular complexity index is 459. The first-order valence-corrected chi connectivity index (χ1v) is 7.28. The summed E-state index contributed by atoms with van der Waals surface area (Å²) in [5, 5.41) is 2.17. The summed E-state index contributed by atoms with van der Waals surface area (Å²) in [6.45, 7) is 4.55. The van der Waals surface area contributed by atoms with Crippen LogP contribution in [0.1, 0.15) is 26.7 Å². The van der Waals surface area contributed by atoms with Crippen LogP contribution in [0.3, 0.4) is 0 Å². The van der Waals surface area contributed by atoms with Gasteiger partial charge in [-0.3, -0.25) is 24.5 Å². The molecule has 7 heteroatoms. The second kappa shape index (κ2) is 6.24. The van der Waals surface area contributed by atoms with Crippen molar-refractivity contribution in [2.24, 2.45) is 11.8 Å². The van der Waals surface area contributed by atoms with E-state index in [1.165, 1.54) is 4.90 Å². The van der Waals surface area contributed by atoms with Crippen LogP contribution in [0.5, 0.6) is 0 Å². The first kappa shape index (κ1) is 15.5. The molecule has 4 amide bonds. The van der Waals surface area contributed by atoms with Gasteiger partial charge in [0, 0.05) is 19.0 Å². The van der Waals surface area contributed by atoms with Crippen molar-refractivity contribution in [2.75, 3.05) is 26.2 Å². The maximum Gasteiger partial charge on any atom is 0.246 e. The summed E-state index contributed by atoms with van der Waals surface area (Å²) in [6.07, 6.45) is 1.45. The fraction of sp³-hybridized carbons (Fsp3) is 0.714. The number of carbonyl (C=O) groups is 4. The van der Waals surface area contributed by atoms with E-state index in [4.69, 9.17) is 0 Å². The van der Waals surface area contributed by atoms with Crippen molar-refractivity contribution in [1.82, 2.24) is 15.1 Å². The third-order valence-corrected chi connectivity index (χ3v) is 3.84. The number of nitrogens with zero attached hydrogens (tertiary/aromatic N) is 2. The molecule has 0 saturated carbocycles. The molecule has 116 valence electrons. The predicted octanol–water partition coefficient (Wildman–Crippen LogP) is -0.634. The number of nitrogens with one attached hydrogen (secondary N) is 1. The number of likely N-dealkylation sites (tertiary alicyclic amines) is 1. The van der Waals surface area contributed by atoms with E-state index < -0.39 is 11.8 Å². The van der Waals surface area contributed by atoms with Gasteiger partial charge >= 0.3 is 0 Å². The summed E-state index contributed by atoms with van der Waals surface area (Å²) in [4.78, 5) is 50.2. The van der Waals surface area contributed by atoms with Gasteiger partial charge in [0.25, 0.3) is 0 Å². The topological polar surface area (TPSA) is 86.8 Å². The Morgan fingerprint density at radius 2 is 1.76 bits per heavy atom. The minimum atomic E-state index is -0.453. The summed E-state index contributed by atoms with van der Waals surface area (Å²) in [5.74, 6) is -1.49. The molecule has 0 aromatic carbocycles. The highest BCUT2D eigenvalue weighted by atomic mass is 16.2. The molecule has 0 radical (unpaired) electrons. The highest BCUT2D eigenvalue weighted by molar-refractivity contribution is 6.02. The molecule has 2 aliphatic heterocycles. The number of hydrogen-bond acceptors (Lipinski definition) is 4. The maximum absolute atomic E-state index is 12.4. The van der Waals surface area contributed by atoms with Crippen LogP contribution in [0.15, 0.2) is 0 Å². The Morgan fingerprint density at radius 1 is 1.14 bits per heavy atom. The van der Waals surface area contributed by atoms with E-state index >= 15 is 0 Å². The third-order valence-electron chi connectivity index (χ3n) is 3.84. The lowest BCUT2D eigenvalue weighted by Gasteiger charge is -2.36. The van der Waals surface area contributed by atoms with Crippen LogP contribution in [0.2, 0.25) is 0 Å². The molecule has 0 aliphatic carbocycles. The average molecular weight is 295 g/mol. The van der Waals surface area contributed by atoms with Crippen molar-refractivity contribution in [1.29, 1.82) is 0 Å². The van der Waals surface area contributed by atoms with Gasteiger partial charge in [0.05, 0.1) is 5.92 Å². The smallest absolute Gasteiger partial charge is 0.246 e. The standard InChI is InChI=1S/C14H21N3O4/c1-9(2)13(20)16-5-3-4-10(6-16)14(21)17-7-11(18)15-12(19)8-17/h9-10H,3-8H2,1-2H3,(H,15,18,19). The number of imide groups is 1. The molecule has 0 aromatic rings. The van der Waals surface area contributed by atoms with Crippen LogP contribution in [0, 0.1) is 11.8 Å². The van der Waals surface area contributed by atoms with E-state index in [1.54, 1.807) is 4.90 Å². The van der Waals surface area contributed by atoms with E-state index in [0.29, 0.717) is 19.5 Å². The molecule has 2 rings (SSSR count). The van der Waals surface area contributed by atoms with E-state index in [9.17, 15) is 19.2 Å². The van der Waals surface area contributed by atoms with Crippen LogP contribution in [-0.2, 0) is 19.2 Å². The van der Waals surface area contributed by atoms with Crippen molar-refractivity contribution < 1.29 is 19.2 Å². The van der Waals surface area contributed by atoms with Crippen LogP contribution in [0.4, 0.5) is 0 Å². The fourth-order valence-electron chi connectivity index (χ4n) is 2.80. The fourth-order valence-corrected chi connectivity index (χ4v) is 2.80. The number of piperazine rings is 1. The molecule has 1 atom stereocenters. The maximum atomic E-state index is 12.4. The monoisotopic (exact) mass is 295 g/mol. The largest absolute Gasteiger partial charge is 0.342 e. The molecular formula is C14H21N3O4. The highest BCUT2D eigenvalue weighted by Crippen LogP contribution is 2.20. The molecule has 0 bridgehead atoms. The second-order valence-electron chi connectivity index (χ2n) is 5.94. The number of carbonyl (C=O) groups excluding carboxylic acids is 4. The molecule has 2 aliphatic rings. The zero-order chi connectivity index (χ0) is 15.6. The van der Waals surface area contributed by atoms with Gasteiger partial charge in [-0.2, -0.15) is 0 Å². The van der Waals surface area contributed by atoms with Gasteiger partial charge < -0.3 is 9.80 Å². The molecular weight excluding hydrogens is 274 g/mol. The van der Waals surface area contributed by atoms with E-state index in [1.807, 2.05) is 13.8 Å². The summed E-state index contributed by atoms with van der Waals surface area (Å²) < 4.78 is 0. The molecule has 1 unspecified atom stereocenters. The Morgan fingerprint density at radius 3 is 2.33 bits per heavy atom. The second-order valence-corrected chi connectivity index (χ2v) is 5.94. The van der Waals surface area contributed by atoms with E-state index in [0.717, 1.165) is 6.42 Å². The molecule has 0 aromatic heterocycles. The van der Waals surface area contributed by atoms with Gasteiger partial charge in [-0.15, -0.1) is 0 Å². The molecule has 21 heavy (non-hydrogen) atoms. The van der Waals surface area contributed by atoms with Gasteiger partial charge in [-0.05, 0) is 12.8 Å². The van der Waals surface area contributed by atoms with Gasteiger partial charge in [0.15, 0.2) is 0 Å². The number of rotatable bonds is 2. The highest BCUT2D eigenvalue weighted by Gasteiger charge is 2.34. The molecule has 7 nitrogen and oxygen atoms in total. The van der Waals surface area contributed by atoms with Crippen LogP contribution >= 0.6 is 0 Å². The molecule has 2 heterocycles. The zero-order valence-electron chi connectivity index (χ0n) is 12.4. The third kappa shape index (κ3) is 3.59. The van der Waals surface area contributed by atoms with E-state index in [2.05, 4.69) is 5.32 Å². The molecule has 0 spiro atoms. The van der Waals surface area contributed by atoms with Crippen LogP contribution < -0.4 is 5.32 Å². The normalized spacial score (nSPS) is 23.3. The zero-order valence-corrected chi connectivity index (χ0v) is 12.4. The number of piperidine rings is 1. The molecule has 2 fully saturated rings. The lowest BCUT2D eigenvalue weighted by atomic mass is 9.95. The summed E-state index contributed by atoms with van der Waals surface area (Å²) in [6, 6.07) is 0. The number of hydrogen-bond donors (Lipinski definition) is 1. The first-order chi connectivity index (χ1) is 9.88. The Kier molecular flexibility index (Phi) is 4.59. The van der Waals surface area contributed by atoms with Gasteiger partial charge in [0.2, 0.25) is 23.6 Å². The Balaban J connectivity index is 2.00. The average Bonchev–Trinajstić information content (AvgIpc) is 2.44. The first-order valence-electron chi connectivity index (χ1n) is 7.28. The summed E-state index contributed by atoms with van der Waals surface area (Å²) in [7, 11) is 0. The minimum absolute atomic E-state index is 0.0416. The summed E-state index contributed by atoms with van der Waals surface area (Å²) >= 11 is 0. The van der Waals surface area contributed by atoms with Gasteiger partial charge in [0.1, 0.15) is 13.1 Å². The van der Waals surface area contributed by atoms with Crippen molar-refractivity contribution in [3.05, 3.63) is 0 Å². The minimum Gasteiger partial charge on any atom is -0.342 e. The van der Waals surface area contributed by atoms with E-state index in [-0.39, 0.29) is 36.7 Å². The van der Waals surface area contributed by atoms with Gasteiger partial charge in [-0.25, -0.2) is 0 Å². The lowest BCUT2D eigenvalue weighted by Crippen LogP contribution is -2.56. The quantitative estimate of drug-likeness (QED) is 0.687. The molecule has 1 N–H and O–H groups in total.